The van der Waals surface area contributed by atoms with Crippen LogP contribution in [0.4, 0.5) is 13.2 Å². The average Bonchev–Trinajstić information content (AvgIpc) is 2.64. The van der Waals surface area contributed by atoms with E-state index < -0.39 is 34.8 Å². The number of ether oxygens (including phenoxy) is 2. The summed E-state index contributed by atoms with van der Waals surface area (Å²) in [6.07, 6.45) is -4.38. The molecule has 1 aromatic rings. The van der Waals surface area contributed by atoms with Gasteiger partial charge in [-0.15, -0.1) is 0 Å². The summed E-state index contributed by atoms with van der Waals surface area (Å²) in [5.74, 6) is -1.76. The van der Waals surface area contributed by atoms with Gasteiger partial charge in [-0.25, -0.2) is 9.59 Å². The Morgan fingerprint density at radius 3 is 2.39 bits per heavy atom. The third-order valence-corrected chi connectivity index (χ3v) is 4.89. The quantitative estimate of drug-likeness (QED) is 0.544. The van der Waals surface area contributed by atoms with E-state index in [1.54, 1.807) is 30.3 Å². The van der Waals surface area contributed by atoms with E-state index in [0.29, 0.717) is 12.0 Å². The zero-order valence-electron chi connectivity index (χ0n) is 15.6. The lowest BCUT2D eigenvalue weighted by Crippen LogP contribution is -2.34. The molecule has 3 rings (SSSR count). The first-order valence-electron chi connectivity index (χ1n) is 8.69. The second-order valence-corrected chi connectivity index (χ2v) is 7.61. The molecule has 1 atom stereocenters. The largest absolute Gasteiger partial charge is 0.466 e. The fraction of sp³-hybridized carbons (Fsp3) is 0.381. The van der Waals surface area contributed by atoms with Gasteiger partial charge in [0.15, 0.2) is 0 Å². The standard InChI is InChI=1S/C21H19F3O4/c1-20(2)9-13(11-25)15-14(10-20)28-18(21(22,23)24)17(19(26)27-3)16(15)12-7-5-4-6-8-12/h4-8,16H,9-10H2,1-3H3. The third kappa shape index (κ3) is 3.50. The summed E-state index contributed by atoms with van der Waals surface area (Å²) >= 11 is 0. The first-order chi connectivity index (χ1) is 13.1. The summed E-state index contributed by atoms with van der Waals surface area (Å²) in [5.41, 5.74) is -0.219. The molecule has 0 spiro atoms. The van der Waals surface area contributed by atoms with Crippen molar-refractivity contribution >= 4 is 11.9 Å². The van der Waals surface area contributed by atoms with Gasteiger partial charge in [0.1, 0.15) is 11.7 Å². The molecule has 1 aliphatic heterocycles. The van der Waals surface area contributed by atoms with E-state index in [4.69, 9.17) is 4.74 Å². The molecule has 0 N–H and O–H groups in total. The molecule has 1 unspecified atom stereocenters. The number of halogens is 3. The van der Waals surface area contributed by atoms with Crippen LogP contribution in [0.15, 0.2) is 58.6 Å². The molecule has 2 aliphatic rings. The Kier molecular flexibility index (Phi) is 4.98. The Labute approximate surface area is 160 Å². The number of methoxy groups -OCH3 is 1. The highest BCUT2D eigenvalue weighted by Crippen LogP contribution is 2.54. The predicted octanol–water partition coefficient (Wildman–Crippen LogP) is 4.62. The molecule has 0 aromatic heterocycles. The van der Waals surface area contributed by atoms with Gasteiger partial charge in [0.05, 0.1) is 12.7 Å². The Balaban J connectivity index is 2.34. The summed E-state index contributed by atoms with van der Waals surface area (Å²) in [5, 5.41) is 0. The van der Waals surface area contributed by atoms with Gasteiger partial charge in [-0.2, -0.15) is 13.2 Å². The van der Waals surface area contributed by atoms with Crippen molar-refractivity contribution in [3.05, 3.63) is 64.1 Å². The van der Waals surface area contributed by atoms with Crippen LogP contribution in [0, 0.1) is 5.41 Å². The van der Waals surface area contributed by atoms with Crippen LogP contribution in [0.2, 0.25) is 0 Å². The molecule has 148 valence electrons. The minimum atomic E-state index is -4.90. The molecule has 1 aliphatic carbocycles. The maximum atomic E-state index is 13.8. The first-order valence-corrected chi connectivity index (χ1v) is 8.69. The van der Waals surface area contributed by atoms with Crippen LogP contribution in [0.3, 0.4) is 0 Å². The van der Waals surface area contributed by atoms with Crippen LogP contribution in [-0.4, -0.2) is 25.2 Å². The lowest BCUT2D eigenvalue weighted by molar-refractivity contribution is -0.143. The van der Waals surface area contributed by atoms with Crippen molar-refractivity contribution in [1.82, 2.24) is 0 Å². The molecule has 0 saturated carbocycles. The summed E-state index contributed by atoms with van der Waals surface area (Å²) in [4.78, 5) is 24.1. The van der Waals surface area contributed by atoms with E-state index in [0.717, 1.165) is 7.11 Å². The molecular formula is C21H19F3O4. The Bertz CT molecular complexity index is 917. The second-order valence-electron chi connectivity index (χ2n) is 7.61. The summed E-state index contributed by atoms with van der Waals surface area (Å²) in [6.45, 7) is 3.67. The molecule has 28 heavy (non-hydrogen) atoms. The lowest BCUT2D eigenvalue weighted by Gasteiger charge is -2.40. The van der Waals surface area contributed by atoms with Gasteiger partial charge in [0.25, 0.3) is 0 Å². The predicted molar refractivity (Wildman–Crippen MR) is 94.6 cm³/mol. The van der Waals surface area contributed by atoms with Crippen molar-refractivity contribution in [2.24, 2.45) is 5.41 Å². The molecule has 0 saturated heterocycles. The van der Waals surface area contributed by atoms with E-state index in [1.165, 1.54) is 0 Å². The summed E-state index contributed by atoms with van der Waals surface area (Å²) in [6, 6.07) is 8.25. The molecule has 4 nitrogen and oxygen atoms in total. The smallest absolute Gasteiger partial charge is 0.450 e. The van der Waals surface area contributed by atoms with Gasteiger partial charge in [-0.1, -0.05) is 44.2 Å². The summed E-state index contributed by atoms with van der Waals surface area (Å²) in [7, 11) is 1.01. The van der Waals surface area contributed by atoms with Crippen LogP contribution in [-0.2, 0) is 19.1 Å². The topological polar surface area (TPSA) is 52.6 Å². The maximum Gasteiger partial charge on any atom is 0.450 e. The van der Waals surface area contributed by atoms with Gasteiger partial charge < -0.3 is 9.47 Å². The molecule has 0 fully saturated rings. The Morgan fingerprint density at radius 1 is 1.21 bits per heavy atom. The van der Waals surface area contributed by atoms with Crippen LogP contribution < -0.4 is 0 Å². The number of hydrogen-bond acceptors (Lipinski definition) is 4. The number of carbonyl (C=O) groups is 1. The normalized spacial score (nSPS) is 21.6. The molecular weight excluding hydrogens is 373 g/mol. The lowest BCUT2D eigenvalue weighted by atomic mass is 9.68. The number of benzene rings is 1. The number of rotatable bonds is 2. The van der Waals surface area contributed by atoms with E-state index in [1.807, 2.05) is 19.8 Å². The van der Waals surface area contributed by atoms with Crippen molar-refractivity contribution in [3.8, 4) is 0 Å². The van der Waals surface area contributed by atoms with E-state index in [2.05, 4.69) is 4.74 Å². The van der Waals surface area contributed by atoms with Crippen molar-refractivity contribution in [1.29, 1.82) is 0 Å². The molecule has 0 amide bonds. The van der Waals surface area contributed by atoms with Crippen molar-refractivity contribution in [2.75, 3.05) is 7.11 Å². The van der Waals surface area contributed by atoms with Gasteiger partial charge >= 0.3 is 12.1 Å². The number of carbonyl (C=O) groups excluding carboxylic acids is 2. The SMILES string of the molecule is COC(=O)C1=C(C(F)(F)F)OC2=C(C(=C=O)CC(C)(C)C2)C1c1ccccc1. The van der Waals surface area contributed by atoms with Gasteiger partial charge in [0, 0.05) is 23.5 Å². The highest BCUT2D eigenvalue weighted by Gasteiger charge is 2.51. The minimum Gasteiger partial charge on any atom is -0.466 e. The number of alkyl halides is 3. The third-order valence-electron chi connectivity index (χ3n) is 4.89. The van der Waals surface area contributed by atoms with Crippen molar-refractivity contribution < 1.29 is 32.2 Å². The fourth-order valence-corrected chi connectivity index (χ4v) is 3.82. The van der Waals surface area contributed by atoms with Gasteiger partial charge in [-0.3, -0.25) is 0 Å². The van der Waals surface area contributed by atoms with Gasteiger partial charge in [-0.05, 0) is 17.4 Å². The van der Waals surface area contributed by atoms with E-state index in [-0.39, 0.29) is 23.3 Å². The zero-order chi connectivity index (χ0) is 20.7. The van der Waals surface area contributed by atoms with Crippen LogP contribution >= 0.6 is 0 Å². The van der Waals surface area contributed by atoms with Gasteiger partial charge in [0.2, 0.25) is 5.76 Å². The van der Waals surface area contributed by atoms with E-state index in [9.17, 15) is 22.8 Å². The molecule has 1 heterocycles. The van der Waals surface area contributed by atoms with Crippen molar-refractivity contribution in [3.63, 3.8) is 0 Å². The number of esters is 1. The zero-order valence-corrected chi connectivity index (χ0v) is 15.6. The Hall–Kier alpha value is -2.79. The Morgan fingerprint density at radius 2 is 1.86 bits per heavy atom. The maximum absolute atomic E-state index is 13.8. The molecule has 0 bridgehead atoms. The highest BCUT2D eigenvalue weighted by atomic mass is 19.4. The van der Waals surface area contributed by atoms with Crippen molar-refractivity contribution in [2.45, 2.75) is 38.8 Å². The molecule has 0 radical (unpaired) electrons. The highest BCUT2D eigenvalue weighted by molar-refractivity contribution is 5.93. The van der Waals surface area contributed by atoms with Crippen LogP contribution in [0.1, 0.15) is 38.2 Å². The average molecular weight is 392 g/mol. The second kappa shape index (κ2) is 6.99. The minimum absolute atomic E-state index is 0.0448. The van der Waals surface area contributed by atoms with Crippen LogP contribution in [0.25, 0.3) is 0 Å². The number of hydrogen-bond donors (Lipinski definition) is 0. The van der Waals surface area contributed by atoms with Crippen LogP contribution in [0.5, 0.6) is 0 Å². The fourth-order valence-electron chi connectivity index (χ4n) is 3.82. The summed E-state index contributed by atoms with van der Waals surface area (Å²) < 4.78 is 51.3. The molecule has 7 heteroatoms. The van der Waals surface area contributed by atoms with E-state index >= 15 is 0 Å². The first kappa shape index (κ1) is 20.0. The number of allylic oxidation sites excluding steroid dienone is 4. The monoisotopic (exact) mass is 392 g/mol. The molecule has 1 aromatic carbocycles.